The molecular formula is C14H20ClFN2. The SMILES string of the molecule is CC(C)N[C@H]1c2cccc(F)c2[C@H]2CNC[C@H]21.Cl. The molecule has 1 aliphatic carbocycles. The van der Waals surface area contributed by atoms with E-state index in [9.17, 15) is 4.39 Å². The molecule has 18 heavy (non-hydrogen) atoms. The van der Waals surface area contributed by atoms with Gasteiger partial charge in [-0.05, 0) is 23.1 Å². The molecule has 0 bridgehead atoms. The van der Waals surface area contributed by atoms with Gasteiger partial charge in [0.05, 0.1) is 0 Å². The van der Waals surface area contributed by atoms with Crippen LogP contribution < -0.4 is 10.6 Å². The lowest BCUT2D eigenvalue weighted by atomic mass is 9.94. The molecule has 4 heteroatoms. The molecule has 1 aliphatic heterocycles. The van der Waals surface area contributed by atoms with E-state index in [1.807, 2.05) is 6.07 Å². The molecule has 2 N–H and O–H groups in total. The average Bonchev–Trinajstić information content (AvgIpc) is 2.82. The van der Waals surface area contributed by atoms with Gasteiger partial charge in [0.1, 0.15) is 5.82 Å². The second-order valence-electron chi connectivity index (χ2n) is 5.47. The normalized spacial score (nSPS) is 29.0. The van der Waals surface area contributed by atoms with Gasteiger partial charge in [-0.25, -0.2) is 4.39 Å². The van der Waals surface area contributed by atoms with Crippen LogP contribution in [0.5, 0.6) is 0 Å². The van der Waals surface area contributed by atoms with Crippen LogP contribution in [0.4, 0.5) is 4.39 Å². The molecule has 0 spiro atoms. The van der Waals surface area contributed by atoms with Crippen LogP contribution in [0.15, 0.2) is 18.2 Å². The van der Waals surface area contributed by atoms with E-state index in [0.29, 0.717) is 23.9 Å². The van der Waals surface area contributed by atoms with Crippen LogP contribution in [0.2, 0.25) is 0 Å². The molecule has 0 unspecified atom stereocenters. The zero-order valence-electron chi connectivity index (χ0n) is 10.7. The van der Waals surface area contributed by atoms with Gasteiger partial charge in [0.2, 0.25) is 0 Å². The van der Waals surface area contributed by atoms with E-state index in [4.69, 9.17) is 0 Å². The van der Waals surface area contributed by atoms with Gasteiger partial charge in [0.15, 0.2) is 0 Å². The van der Waals surface area contributed by atoms with Gasteiger partial charge in [-0.15, -0.1) is 12.4 Å². The maximum absolute atomic E-state index is 14.0. The molecule has 1 aromatic rings. The number of hydrogen-bond donors (Lipinski definition) is 2. The first-order valence-electron chi connectivity index (χ1n) is 6.43. The Bertz CT molecular complexity index is 436. The Morgan fingerprint density at radius 1 is 1.33 bits per heavy atom. The number of hydrogen-bond acceptors (Lipinski definition) is 2. The van der Waals surface area contributed by atoms with E-state index < -0.39 is 0 Å². The van der Waals surface area contributed by atoms with Crippen LogP contribution in [0.25, 0.3) is 0 Å². The molecule has 1 aromatic carbocycles. The van der Waals surface area contributed by atoms with Crippen molar-refractivity contribution >= 4 is 12.4 Å². The monoisotopic (exact) mass is 270 g/mol. The lowest BCUT2D eigenvalue weighted by Gasteiger charge is -2.23. The molecule has 1 saturated heterocycles. The molecule has 0 aromatic heterocycles. The highest BCUT2D eigenvalue weighted by atomic mass is 35.5. The highest BCUT2D eigenvalue weighted by Gasteiger charge is 2.44. The Morgan fingerprint density at radius 3 is 2.83 bits per heavy atom. The summed E-state index contributed by atoms with van der Waals surface area (Å²) in [5.41, 5.74) is 2.12. The van der Waals surface area contributed by atoms with Gasteiger partial charge < -0.3 is 10.6 Å². The van der Waals surface area contributed by atoms with Gasteiger partial charge in [-0.1, -0.05) is 26.0 Å². The van der Waals surface area contributed by atoms with Crippen molar-refractivity contribution in [3.05, 3.63) is 35.1 Å². The number of rotatable bonds is 2. The fourth-order valence-electron chi connectivity index (χ4n) is 3.38. The predicted octanol–water partition coefficient (Wildman–Crippen LogP) is 2.60. The third kappa shape index (κ3) is 2.04. The topological polar surface area (TPSA) is 24.1 Å². The molecule has 0 saturated carbocycles. The smallest absolute Gasteiger partial charge is 0.127 e. The van der Waals surface area contributed by atoms with Crippen LogP contribution >= 0.6 is 12.4 Å². The van der Waals surface area contributed by atoms with Gasteiger partial charge in [0, 0.05) is 31.1 Å². The first-order chi connectivity index (χ1) is 8.18. The molecule has 1 fully saturated rings. The average molecular weight is 271 g/mol. The third-order valence-corrected chi connectivity index (χ3v) is 3.99. The Balaban J connectivity index is 0.00000120. The Hall–Kier alpha value is -0.640. The van der Waals surface area contributed by atoms with Crippen LogP contribution in [0, 0.1) is 11.7 Å². The van der Waals surface area contributed by atoms with Crippen molar-refractivity contribution in [3.63, 3.8) is 0 Å². The van der Waals surface area contributed by atoms with Crippen molar-refractivity contribution in [1.82, 2.24) is 10.6 Å². The highest BCUT2D eigenvalue weighted by molar-refractivity contribution is 5.85. The van der Waals surface area contributed by atoms with Gasteiger partial charge >= 0.3 is 0 Å². The summed E-state index contributed by atoms with van der Waals surface area (Å²) in [6, 6.07) is 6.23. The molecule has 3 rings (SSSR count). The van der Waals surface area contributed by atoms with E-state index in [0.717, 1.165) is 18.7 Å². The molecule has 0 amide bonds. The van der Waals surface area contributed by atoms with Crippen molar-refractivity contribution < 1.29 is 4.39 Å². The summed E-state index contributed by atoms with van der Waals surface area (Å²) in [6.45, 7) is 6.20. The van der Waals surface area contributed by atoms with E-state index in [1.165, 1.54) is 5.56 Å². The van der Waals surface area contributed by atoms with Crippen molar-refractivity contribution in [2.24, 2.45) is 5.92 Å². The van der Waals surface area contributed by atoms with Crippen molar-refractivity contribution in [2.45, 2.75) is 31.8 Å². The molecule has 2 aliphatic rings. The second-order valence-corrected chi connectivity index (χ2v) is 5.47. The lowest BCUT2D eigenvalue weighted by Crippen LogP contribution is -2.32. The van der Waals surface area contributed by atoms with E-state index in [1.54, 1.807) is 6.07 Å². The summed E-state index contributed by atoms with van der Waals surface area (Å²) in [6.07, 6.45) is 0. The minimum atomic E-state index is -0.0331. The summed E-state index contributed by atoms with van der Waals surface area (Å²) in [5, 5.41) is 6.98. The van der Waals surface area contributed by atoms with Crippen LogP contribution in [0.1, 0.15) is 36.9 Å². The first-order valence-corrected chi connectivity index (χ1v) is 6.43. The van der Waals surface area contributed by atoms with Crippen molar-refractivity contribution in [1.29, 1.82) is 0 Å². The fraction of sp³-hybridized carbons (Fsp3) is 0.571. The summed E-state index contributed by atoms with van der Waals surface area (Å²) in [7, 11) is 0. The summed E-state index contributed by atoms with van der Waals surface area (Å²) >= 11 is 0. The number of fused-ring (bicyclic) bond motifs is 3. The Morgan fingerprint density at radius 2 is 2.11 bits per heavy atom. The van der Waals surface area contributed by atoms with E-state index in [2.05, 4.69) is 30.5 Å². The maximum Gasteiger partial charge on any atom is 0.127 e. The number of nitrogens with one attached hydrogen (secondary N) is 2. The molecule has 0 radical (unpaired) electrons. The molecular weight excluding hydrogens is 251 g/mol. The lowest BCUT2D eigenvalue weighted by molar-refractivity contribution is 0.365. The van der Waals surface area contributed by atoms with Gasteiger partial charge in [0.25, 0.3) is 0 Å². The Labute approximate surface area is 114 Å². The molecule has 3 atom stereocenters. The van der Waals surface area contributed by atoms with Crippen LogP contribution in [0.3, 0.4) is 0 Å². The fourth-order valence-corrected chi connectivity index (χ4v) is 3.38. The third-order valence-electron chi connectivity index (χ3n) is 3.99. The number of halogens is 2. The molecule has 1 heterocycles. The zero-order valence-corrected chi connectivity index (χ0v) is 11.6. The Kier molecular flexibility index (Phi) is 3.95. The number of benzene rings is 1. The quantitative estimate of drug-likeness (QED) is 0.863. The van der Waals surface area contributed by atoms with Gasteiger partial charge in [-0.2, -0.15) is 0 Å². The highest BCUT2D eigenvalue weighted by Crippen LogP contribution is 2.47. The summed E-state index contributed by atoms with van der Waals surface area (Å²) in [4.78, 5) is 0. The maximum atomic E-state index is 14.0. The summed E-state index contributed by atoms with van der Waals surface area (Å²) < 4.78 is 14.0. The second kappa shape index (κ2) is 5.16. The molecule has 2 nitrogen and oxygen atoms in total. The minimum Gasteiger partial charge on any atom is -0.316 e. The standard InChI is InChI=1S/C14H19FN2.ClH/c1-8(2)17-14-9-4-3-5-12(15)13(9)10-6-16-7-11(10)14;/h3-5,8,10-11,14,16-17H,6-7H2,1-2H3;1H/t10-,11+,14-;/m0./s1. The largest absolute Gasteiger partial charge is 0.316 e. The predicted molar refractivity (Wildman–Crippen MR) is 73.8 cm³/mol. The minimum absolute atomic E-state index is 0. The van der Waals surface area contributed by atoms with Crippen molar-refractivity contribution in [2.75, 3.05) is 13.1 Å². The first kappa shape index (κ1) is 13.8. The van der Waals surface area contributed by atoms with Crippen LogP contribution in [-0.4, -0.2) is 19.1 Å². The summed E-state index contributed by atoms with van der Waals surface area (Å²) in [5.74, 6) is 0.820. The van der Waals surface area contributed by atoms with Gasteiger partial charge in [-0.3, -0.25) is 0 Å². The molecule has 100 valence electrons. The van der Waals surface area contributed by atoms with Crippen molar-refractivity contribution in [3.8, 4) is 0 Å². The zero-order chi connectivity index (χ0) is 12.0. The van der Waals surface area contributed by atoms with E-state index in [-0.39, 0.29) is 18.2 Å². The van der Waals surface area contributed by atoms with Crippen LogP contribution in [-0.2, 0) is 0 Å². The van der Waals surface area contributed by atoms with E-state index >= 15 is 0 Å².